The smallest absolute Gasteiger partial charge is 0.288 e. The van der Waals surface area contributed by atoms with Crippen LogP contribution in [0.3, 0.4) is 0 Å². The lowest BCUT2D eigenvalue weighted by Gasteiger charge is -1.91. The molecule has 1 rings (SSSR count). The molecule has 9 heavy (non-hydrogen) atoms. The molecule has 0 spiro atoms. The molecule has 1 heterocycles. The van der Waals surface area contributed by atoms with Crippen molar-refractivity contribution in [1.82, 2.24) is 0 Å². The lowest BCUT2D eigenvalue weighted by Crippen LogP contribution is -1.80. The Balaban J connectivity index is 3.04. The zero-order chi connectivity index (χ0) is 6.85. The third-order valence-corrected chi connectivity index (χ3v) is 1.19. The Kier molecular flexibility index (Phi) is 1.34. The third kappa shape index (κ3) is 0.850. The highest BCUT2D eigenvalue weighted by Gasteiger charge is 2.06. The molecule has 0 saturated carbocycles. The summed E-state index contributed by atoms with van der Waals surface area (Å²) >= 11 is 0. The number of hydrogen-bond donors (Lipinski definition) is 1. The molecule has 1 aromatic rings. The second-order valence-electron chi connectivity index (χ2n) is 1.73. The first-order valence-electron chi connectivity index (χ1n) is 2.56. The molecule has 0 unspecified atom stereocenters. The molecule has 0 bridgehead atoms. The zero-order valence-corrected chi connectivity index (χ0v) is 5.34. The van der Waals surface area contributed by atoms with E-state index < -0.39 is 0 Å². The van der Waals surface area contributed by atoms with Crippen LogP contribution in [0.1, 0.15) is 5.56 Å². The molecule has 0 atom stereocenters. The maximum Gasteiger partial charge on any atom is 0.288 e. The van der Waals surface area contributed by atoms with Crippen LogP contribution in [0.25, 0.3) is 0 Å². The summed E-state index contributed by atoms with van der Waals surface area (Å²) in [7, 11) is 1.53. The summed E-state index contributed by atoms with van der Waals surface area (Å²) in [4.78, 5) is 0. The molecule has 0 aromatic carbocycles. The highest BCUT2D eigenvalue weighted by atomic mass is 16.5. The quantitative estimate of drug-likeness (QED) is 0.619. The molecule has 0 radical (unpaired) electrons. The Bertz CT molecular complexity index is 202. The van der Waals surface area contributed by atoms with E-state index in [0.29, 0.717) is 11.3 Å². The molecule has 0 aliphatic carbocycles. The molecule has 0 fully saturated rings. The molecule has 0 amide bonds. The van der Waals surface area contributed by atoms with Crippen LogP contribution in [0, 0.1) is 6.92 Å². The fraction of sp³-hybridized carbons (Fsp3) is 0.333. The van der Waals surface area contributed by atoms with E-state index in [-0.39, 0.29) is 5.95 Å². The SMILES string of the molecule is COc1coc(O)c1C. The number of rotatable bonds is 1. The molecule has 0 aliphatic rings. The van der Waals surface area contributed by atoms with Crippen LogP contribution in [0.2, 0.25) is 0 Å². The second-order valence-corrected chi connectivity index (χ2v) is 1.73. The van der Waals surface area contributed by atoms with Crippen LogP contribution in [-0.2, 0) is 0 Å². The van der Waals surface area contributed by atoms with Gasteiger partial charge in [0.2, 0.25) is 0 Å². The van der Waals surface area contributed by atoms with Crippen LogP contribution in [0.15, 0.2) is 10.7 Å². The van der Waals surface area contributed by atoms with E-state index in [1.165, 1.54) is 13.4 Å². The zero-order valence-electron chi connectivity index (χ0n) is 5.34. The van der Waals surface area contributed by atoms with Gasteiger partial charge in [-0.2, -0.15) is 0 Å². The Morgan fingerprint density at radius 3 is 2.56 bits per heavy atom. The van der Waals surface area contributed by atoms with Crippen molar-refractivity contribution in [2.24, 2.45) is 0 Å². The van der Waals surface area contributed by atoms with Gasteiger partial charge in [0.05, 0.1) is 12.7 Å². The number of furan rings is 1. The summed E-state index contributed by atoms with van der Waals surface area (Å²) < 4.78 is 9.43. The van der Waals surface area contributed by atoms with E-state index in [0.717, 1.165) is 0 Å². The van der Waals surface area contributed by atoms with Crippen molar-refractivity contribution in [2.75, 3.05) is 7.11 Å². The highest BCUT2D eigenvalue weighted by molar-refractivity contribution is 5.35. The molecule has 50 valence electrons. The number of ether oxygens (including phenoxy) is 1. The molecule has 3 heteroatoms. The van der Waals surface area contributed by atoms with Crippen molar-refractivity contribution in [3.8, 4) is 11.7 Å². The van der Waals surface area contributed by atoms with Gasteiger partial charge < -0.3 is 14.3 Å². The molecule has 1 aromatic heterocycles. The molecule has 1 N–H and O–H groups in total. The minimum Gasteiger partial charge on any atom is -0.493 e. The average molecular weight is 128 g/mol. The van der Waals surface area contributed by atoms with Crippen LogP contribution >= 0.6 is 0 Å². The topological polar surface area (TPSA) is 42.6 Å². The van der Waals surface area contributed by atoms with Gasteiger partial charge in [-0.15, -0.1) is 0 Å². The van der Waals surface area contributed by atoms with Gasteiger partial charge in [-0.25, -0.2) is 0 Å². The van der Waals surface area contributed by atoms with Gasteiger partial charge in [0, 0.05) is 0 Å². The van der Waals surface area contributed by atoms with E-state index in [4.69, 9.17) is 9.84 Å². The Morgan fingerprint density at radius 2 is 2.33 bits per heavy atom. The normalized spacial score (nSPS) is 9.56. The first-order chi connectivity index (χ1) is 4.25. The van der Waals surface area contributed by atoms with Crippen molar-refractivity contribution in [2.45, 2.75) is 6.92 Å². The Morgan fingerprint density at radius 1 is 1.67 bits per heavy atom. The summed E-state index contributed by atoms with van der Waals surface area (Å²) in [6.07, 6.45) is 1.37. The maximum atomic E-state index is 8.82. The molecule has 0 aliphatic heterocycles. The monoisotopic (exact) mass is 128 g/mol. The van der Waals surface area contributed by atoms with E-state index in [1.807, 2.05) is 0 Å². The first-order valence-corrected chi connectivity index (χ1v) is 2.56. The molecular weight excluding hydrogens is 120 g/mol. The van der Waals surface area contributed by atoms with Crippen LogP contribution in [0.4, 0.5) is 0 Å². The van der Waals surface area contributed by atoms with Crippen molar-refractivity contribution in [3.05, 3.63) is 11.8 Å². The van der Waals surface area contributed by atoms with Gasteiger partial charge in [0.1, 0.15) is 6.26 Å². The summed E-state index contributed by atoms with van der Waals surface area (Å²) in [6.45, 7) is 1.72. The summed E-state index contributed by atoms with van der Waals surface area (Å²) in [5.74, 6) is 0.499. The van der Waals surface area contributed by atoms with Gasteiger partial charge >= 0.3 is 0 Å². The molecule has 3 nitrogen and oxygen atoms in total. The van der Waals surface area contributed by atoms with Crippen LogP contribution < -0.4 is 4.74 Å². The van der Waals surface area contributed by atoms with E-state index >= 15 is 0 Å². The van der Waals surface area contributed by atoms with Gasteiger partial charge in [0.25, 0.3) is 5.95 Å². The van der Waals surface area contributed by atoms with Crippen molar-refractivity contribution >= 4 is 0 Å². The minimum atomic E-state index is -0.0770. The predicted molar refractivity (Wildman–Crippen MR) is 31.7 cm³/mol. The van der Waals surface area contributed by atoms with E-state index in [1.54, 1.807) is 6.92 Å². The number of hydrogen-bond acceptors (Lipinski definition) is 3. The fourth-order valence-corrected chi connectivity index (χ4v) is 0.593. The van der Waals surface area contributed by atoms with E-state index in [9.17, 15) is 0 Å². The standard InChI is InChI=1S/C6H8O3/c1-4-5(8-2)3-9-6(4)7/h3,7H,1-2H3. The van der Waals surface area contributed by atoms with Gasteiger partial charge in [0.15, 0.2) is 5.75 Å². The van der Waals surface area contributed by atoms with Crippen molar-refractivity contribution in [1.29, 1.82) is 0 Å². The number of aromatic hydroxyl groups is 1. The summed E-state index contributed by atoms with van der Waals surface area (Å²) in [5, 5.41) is 8.82. The highest BCUT2D eigenvalue weighted by Crippen LogP contribution is 2.27. The summed E-state index contributed by atoms with van der Waals surface area (Å²) in [5.41, 5.74) is 0.637. The molecular formula is C6H8O3. The minimum absolute atomic E-state index is 0.0770. The predicted octanol–water partition coefficient (Wildman–Crippen LogP) is 1.30. The fourth-order valence-electron chi connectivity index (χ4n) is 0.593. The third-order valence-electron chi connectivity index (χ3n) is 1.19. The van der Waals surface area contributed by atoms with E-state index in [2.05, 4.69) is 4.42 Å². The second kappa shape index (κ2) is 2.01. The Labute approximate surface area is 52.9 Å². The lowest BCUT2D eigenvalue weighted by atomic mass is 10.3. The number of methoxy groups -OCH3 is 1. The largest absolute Gasteiger partial charge is 0.493 e. The molecule has 0 saturated heterocycles. The van der Waals surface area contributed by atoms with Crippen LogP contribution in [-0.4, -0.2) is 12.2 Å². The lowest BCUT2D eigenvalue weighted by molar-refractivity contribution is 0.328. The Hall–Kier alpha value is -1.12. The van der Waals surface area contributed by atoms with Crippen molar-refractivity contribution in [3.63, 3.8) is 0 Å². The van der Waals surface area contributed by atoms with Gasteiger partial charge in [-0.05, 0) is 6.92 Å². The van der Waals surface area contributed by atoms with Crippen molar-refractivity contribution < 1.29 is 14.3 Å². The average Bonchev–Trinajstić information content (AvgIpc) is 2.15. The first kappa shape index (κ1) is 6.01. The van der Waals surface area contributed by atoms with Crippen LogP contribution in [0.5, 0.6) is 11.7 Å². The van der Waals surface area contributed by atoms with Gasteiger partial charge in [-0.3, -0.25) is 0 Å². The maximum absolute atomic E-state index is 8.82. The van der Waals surface area contributed by atoms with Gasteiger partial charge in [-0.1, -0.05) is 0 Å². The summed E-state index contributed by atoms with van der Waals surface area (Å²) in [6, 6.07) is 0.